The molecule has 0 radical (unpaired) electrons. The molecule has 2 heterocycles. The number of amides is 1. The van der Waals surface area contributed by atoms with Crippen LogP contribution in [0.1, 0.15) is 29.8 Å². The van der Waals surface area contributed by atoms with Gasteiger partial charge in [0.15, 0.2) is 0 Å². The lowest BCUT2D eigenvalue weighted by atomic mass is 9.99. The summed E-state index contributed by atoms with van der Waals surface area (Å²) in [5, 5.41) is 23.5. The number of ketones is 1. The third kappa shape index (κ3) is 2.99. The number of carbonyl (C=O) groups is 2. The minimum absolute atomic E-state index is 0.0357. The van der Waals surface area contributed by atoms with Crippen LogP contribution in [0.3, 0.4) is 0 Å². The van der Waals surface area contributed by atoms with Crippen LogP contribution >= 0.6 is 11.3 Å². The number of benzene rings is 1. The lowest BCUT2D eigenvalue weighted by molar-refractivity contribution is -0.384. The first-order chi connectivity index (χ1) is 12.5. The summed E-state index contributed by atoms with van der Waals surface area (Å²) < 4.78 is 0. The first-order valence-corrected chi connectivity index (χ1v) is 8.90. The molecule has 0 aliphatic carbocycles. The van der Waals surface area contributed by atoms with Crippen LogP contribution in [0.4, 0.5) is 5.69 Å². The van der Waals surface area contributed by atoms with E-state index in [0.29, 0.717) is 13.0 Å². The van der Waals surface area contributed by atoms with Gasteiger partial charge < -0.3 is 10.0 Å². The summed E-state index contributed by atoms with van der Waals surface area (Å²) in [5.41, 5.74) is -0.105. The Labute approximate surface area is 153 Å². The van der Waals surface area contributed by atoms with Gasteiger partial charge in [0, 0.05) is 29.1 Å². The Bertz CT molecular complexity index is 904. The van der Waals surface area contributed by atoms with Gasteiger partial charge in [-0.3, -0.25) is 19.7 Å². The van der Waals surface area contributed by atoms with Crippen molar-refractivity contribution in [1.82, 2.24) is 4.90 Å². The number of nitro groups is 1. The van der Waals surface area contributed by atoms with Crippen LogP contribution in [0, 0.1) is 10.1 Å². The number of nitro benzene ring substituents is 1. The average Bonchev–Trinajstić information content (AvgIpc) is 3.24. The van der Waals surface area contributed by atoms with E-state index >= 15 is 0 Å². The maximum Gasteiger partial charge on any atom is 0.295 e. The monoisotopic (exact) mass is 372 g/mol. The normalized spacial score (nSPS) is 19.1. The van der Waals surface area contributed by atoms with Crippen molar-refractivity contribution in [2.45, 2.75) is 19.4 Å². The fourth-order valence-electron chi connectivity index (χ4n) is 3.02. The Hall–Kier alpha value is -3.00. The molecule has 1 N–H and O–H groups in total. The molecule has 1 aliphatic heterocycles. The number of hydrogen-bond acceptors (Lipinski definition) is 6. The Kier molecular flexibility index (Phi) is 4.85. The Morgan fingerprint density at radius 1 is 1.31 bits per heavy atom. The number of non-ortho nitro benzene ring substituents is 1. The molecular weight excluding hydrogens is 356 g/mol. The van der Waals surface area contributed by atoms with Gasteiger partial charge in [-0.1, -0.05) is 25.1 Å². The van der Waals surface area contributed by atoms with Crippen molar-refractivity contribution in [3.05, 3.63) is 67.9 Å². The number of Topliss-reactive ketones (excluding diaryl/α,β-unsaturated/α-hetero) is 1. The van der Waals surface area contributed by atoms with E-state index in [1.54, 1.807) is 12.1 Å². The van der Waals surface area contributed by atoms with Crippen LogP contribution in [0.25, 0.3) is 5.76 Å². The predicted molar refractivity (Wildman–Crippen MR) is 96.7 cm³/mol. The van der Waals surface area contributed by atoms with Gasteiger partial charge in [-0.15, -0.1) is 11.3 Å². The van der Waals surface area contributed by atoms with E-state index in [9.17, 15) is 24.8 Å². The van der Waals surface area contributed by atoms with Gasteiger partial charge in [-0.2, -0.15) is 0 Å². The first-order valence-electron chi connectivity index (χ1n) is 8.02. The lowest BCUT2D eigenvalue weighted by Crippen LogP contribution is -2.30. The fraction of sp³-hybridized carbons (Fsp3) is 0.222. The second kappa shape index (κ2) is 7.09. The molecule has 1 aromatic carbocycles. The van der Waals surface area contributed by atoms with E-state index in [1.807, 2.05) is 12.3 Å². The van der Waals surface area contributed by atoms with Crippen molar-refractivity contribution in [2.75, 3.05) is 6.54 Å². The van der Waals surface area contributed by atoms with E-state index in [0.717, 1.165) is 4.88 Å². The van der Waals surface area contributed by atoms with Gasteiger partial charge in [0.05, 0.1) is 16.5 Å². The first kappa shape index (κ1) is 17.8. The molecule has 0 saturated carbocycles. The van der Waals surface area contributed by atoms with Gasteiger partial charge in [0.2, 0.25) is 0 Å². The van der Waals surface area contributed by atoms with E-state index in [2.05, 4.69) is 0 Å². The molecular formula is C18H16N2O5S. The van der Waals surface area contributed by atoms with Gasteiger partial charge in [-0.05, 0) is 17.9 Å². The van der Waals surface area contributed by atoms with Crippen LogP contribution in [0.2, 0.25) is 0 Å². The molecule has 134 valence electrons. The number of thiophene rings is 1. The minimum atomic E-state index is -0.777. The molecule has 1 atom stereocenters. The highest BCUT2D eigenvalue weighted by Crippen LogP contribution is 2.41. The molecule has 1 unspecified atom stereocenters. The highest BCUT2D eigenvalue weighted by atomic mass is 32.1. The van der Waals surface area contributed by atoms with Crippen LogP contribution in [-0.4, -0.2) is 33.2 Å². The van der Waals surface area contributed by atoms with Crippen molar-refractivity contribution in [3.63, 3.8) is 0 Å². The molecule has 1 aliphatic rings. The fourth-order valence-corrected chi connectivity index (χ4v) is 3.86. The zero-order chi connectivity index (χ0) is 18.8. The molecule has 3 rings (SSSR count). The summed E-state index contributed by atoms with van der Waals surface area (Å²) in [6.07, 6.45) is 0.658. The van der Waals surface area contributed by atoms with E-state index in [-0.39, 0.29) is 16.8 Å². The third-order valence-electron chi connectivity index (χ3n) is 4.15. The largest absolute Gasteiger partial charge is 0.507 e. The van der Waals surface area contributed by atoms with Gasteiger partial charge in [0.1, 0.15) is 5.76 Å². The summed E-state index contributed by atoms with van der Waals surface area (Å²) in [6, 6.07) is 8.30. The minimum Gasteiger partial charge on any atom is -0.507 e. The molecule has 1 aromatic heterocycles. The zero-order valence-electron chi connectivity index (χ0n) is 13.9. The number of aliphatic hydroxyl groups excluding tert-OH is 1. The number of hydrogen-bond donors (Lipinski definition) is 1. The molecule has 0 bridgehead atoms. The molecule has 26 heavy (non-hydrogen) atoms. The maximum atomic E-state index is 12.6. The summed E-state index contributed by atoms with van der Waals surface area (Å²) in [7, 11) is 0. The van der Waals surface area contributed by atoms with Crippen LogP contribution in [0.5, 0.6) is 0 Å². The van der Waals surface area contributed by atoms with Gasteiger partial charge in [0.25, 0.3) is 17.4 Å². The highest BCUT2D eigenvalue weighted by molar-refractivity contribution is 7.10. The maximum absolute atomic E-state index is 12.6. The Morgan fingerprint density at radius 2 is 2.08 bits per heavy atom. The van der Waals surface area contributed by atoms with Crippen molar-refractivity contribution >= 4 is 34.5 Å². The topological polar surface area (TPSA) is 101 Å². The SMILES string of the molecule is CCCN1C(=O)C(=O)/C(=C(\O)c2cccc([N+](=O)[O-])c2)C1c1cccs1. The summed E-state index contributed by atoms with van der Waals surface area (Å²) in [4.78, 5) is 37.6. The van der Waals surface area contributed by atoms with E-state index in [1.165, 1.54) is 40.5 Å². The van der Waals surface area contributed by atoms with E-state index in [4.69, 9.17) is 0 Å². The van der Waals surface area contributed by atoms with Crippen LogP contribution in [-0.2, 0) is 9.59 Å². The highest BCUT2D eigenvalue weighted by Gasteiger charge is 2.46. The lowest BCUT2D eigenvalue weighted by Gasteiger charge is -2.23. The quantitative estimate of drug-likeness (QED) is 0.285. The summed E-state index contributed by atoms with van der Waals surface area (Å²) in [5.74, 6) is -1.85. The van der Waals surface area contributed by atoms with Gasteiger partial charge >= 0.3 is 0 Å². The van der Waals surface area contributed by atoms with Crippen molar-refractivity contribution < 1.29 is 19.6 Å². The van der Waals surface area contributed by atoms with E-state index < -0.39 is 28.4 Å². The zero-order valence-corrected chi connectivity index (χ0v) is 14.7. The predicted octanol–water partition coefficient (Wildman–Crippen LogP) is 3.49. The molecule has 1 saturated heterocycles. The second-order valence-electron chi connectivity index (χ2n) is 5.82. The third-order valence-corrected chi connectivity index (χ3v) is 5.07. The Balaban J connectivity index is 2.17. The average molecular weight is 372 g/mol. The van der Waals surface area contributed by atoms with Crippen molar-refractivity contribution in [2.24, 2.45) is 0 Å². The summed E-state index contributed by atoms with van der Waals surface area (Å²) in [6.45, 7) is 2.27. The number of carbonyl (C=O) groups excluding carboxylic acids is 2. The van der Waals surface area contributed by atoms with Crippen LogP contribution in [0.15, 0.2) is 47.4 Å². The second-order valence-corrected chi connectivity index (χ2v) is 6.79. The van der Waals surface area contributed by atoms with Crippen molar-refractivity contribution in [3.8, 4) is 0 Å². The number of nitrogens with zero attached hydrogens (tertiary/aromatic N) is 2. The molecule has 2 aromatic rings. The number of rotatable bonds is 5. The number of aliphatic hydroxyl groups is 1. The molecule has 7 nitrogen and oxygen atoms in total. The smallest absolute Gasteiger partial charge is 0.295 e. The molecule has 1 fully saturated rings. The van der Waals surface area contributed by atoms with Crippen molar-refractivity contribution in [1.29, 1.82) is 0 Å². The molecule has 8 heteroatoms. The Morgan fingerprint density at radius 3 is 2.69 bits per heavy atom. The summed E-state index contributed by atoms with van der Waals surface area (Å²) >= 11 is 1.38. The number of likely N-dealkylation sites (tertiary alicyclic amines) is 1. The molecule has 0 spiro atoms. The molecule has 1 amide bonds. The standard InChI is InChI=1S/C18H16N2O5S/c1-2-8-19-15(13-7-4-9-26-13)14(17(22)18(19)23)16(21)11-5-3-6-12(10-11)20(24)25/h3-7,9-10,15,21H,2,8H2,1H3/b16-14-. The van der Waals surface area contributed by atoms with Gasteiger partial charge in [-0.25, -0.2) is 0 Å². The van der Waals surface area contributed by atoms with Crippen LogP contribution < -0.4 is 0 Å².